The molecule has 5 rings (SSSR count). The van der Waals surface area contributed by atoms with E-state index in [-0.39, 0.29) is 11.9 Å². The maximum Gasteiger partial charge on any atom is 0.237 e. The van der Waals surface area contributed by atoms with Crippen LogP contribution >= 0.6 is 0 Å². The predicted octanol–water partition coefficient (Wildman–Crippen LogP) is 4.39. The zero-order chi connectivity index (χ0) is 19.1. The second kappa shape index (κ2) is 5.24. The smallest absolute Gasteiger partial charge is 0.237 e. The van der Waals surface area contributed by atoms with Gasteiger partial charge in [-0.2, -0.15) is 5.10 Å². The summed E-state index contributed by atoms with van der Waals surface area (Å²) in [5, 5.41) is 8.98. The average molecular weight is 362 g/mol. The molecule has 0 saturated carbocycles. The van der Waals surface area contributed by atoms with Gasteiger partial charge in [0.05, 0.1) is 11.1 Å². The number of hydrogen-bond acceptors (Lipinski definition) is 2. The zero-order valence-corrected chi connectivity index (χ0v) is 16.7. The van der Waals surface area contributed by atoms with E-state index >= 15 is 0 Å². The van der Waals surface area contributed by atoms with Crippen molar-refractivity contribution in [3.63, 3.8) is 0 Å². The number of benzene rings is 1. The molecule has 1 aromatic carbocycles. The van der Waals surface area contributed by atoms with Gasteiger partial charge < -0.3 is 9.88 Å². The molecule has 5 nitrogen and oxygen atoms in total. The van der Waals surface area contributed by atoms with E-state index in [0.717, 1.165) is 53.1 Å². The molecule has 0 atom stereocenters. The SMILES string of the molecule is Cc1[nH]nc2c1CCCc1c-2[nH]c2cc3c(cc12)N(C(C)C)C(=O)C3(C)C. The summed E-state index contributed by atoms with van der Waals surface area (Å²) in [6.07, 6.45) is 3.20. The number of rotatable bonds is 1. The Morgan fingerprint density at radius 2 is 1.93 bits per heavy atom. The number of nitrogens with zero attached hydrogens (tertiary/aromatic N) is 2. The van der Waals surface area contributed by atoms with E-state index in [1.165, 1.54) is 16.5 Å². The van der Waals surface area contributed by atoms with E-state index in [1.807, 2.05) is 18.7 Å². The molecule has 0 spiro atoms. The molecular weight excluding hydrogens is 336 g/mol. The molecule has 0 bridgehead atoms. The van der Waals surface area contributed by atoms with Crippen LogP contribution in [0, 0.1) is 6.92 Å². The summed E-state index contributed by atoms with van der Waals surface area (Å²) >= 11 is 0. The van der Waals surface area contributed by atoms with Crippen LogP contribution in [-0.2, 0) is 23.1 Å². The number of hydrogen-bond donors (Lipinski definition) is 2. The standard InChI is InChI=1S/C22H26N4O/c1-11(2)26-18-9-15-14-8-6-7-13-12(3)24-25-20(13)19(14)23-17(15)10-16(18)22(4,5)21(26)27/h9-11,23H,6-8H2,1-5H3,(H,24,25). The molecule has 2 N–H and O–H groups in total. The lowest BCUT2D eigenvalue weighted by atomic mass is 9.85. The Hall–Kier alpha value is -2.56. The summed E-state index contributed by atoms with van der Waals surface area (Å²) in [6, 6.07) is 4.57. The maximum absolute atomic E-state index is 13.0. The lowest BCUT2D eigenvalue weighted by Gasteiger charge is -2.24. The first-order chi connectivity index (χ1) is 12.8. The topological polar surface area (TPSA) is 64.8 Å². The predicted molar refractivity (Wildman–Crippen MR) is 108 cm³/mol. The Morgan fingerprint density at radius 3 is 2.67 bits per heavy atom. The summed E-state index contributed by atoms with van der Waals surface area (Å²) in [5.41, 5.74) is 8.82. The van der Waals surface area contributed by atoms with Gasteiger partial charge >= 0.3 is 0 Å². The molecule has 0 saturated heterocycles. The Labute approximate surface area is 159 Å². The Balaban J connectivity index is 1.80. The molecule has 1 amide bonds. The van der Waals surface area contributed by atoms with Gasteiger partial charge in [0, 0.05) is 33.9 Å². The number of aromatic amines is 2. The van der Waals surface area contributed by atoms with Crippen molar-refractivity contribution in [3.8, 4) is 11.4 Å². The van der Waals surface area contributed by atoms with E-state index in [9.17, 15) is 4.79 Å². The molecule has 1 aliphatic carbocycles. The average Bonchev–Trinajstić information content (AvgIpc) is 3.15. The lowest BCUT2D eigenvalue weighted by molar-refractivity contribution is -0.122. The van der Waals surface area contributed by atoms with Gasteiger partial charge in [-0.3, -0.25) is 9.89 Å². The third-order valence-corrected chi connectivity index (χ3v) is 6.39. The van der Waals surface area contributed by atoms with Gasteiger partial charge in [-0.1, -0.05) is 0 Å². The van der Waals surface area contributed by atoms with Gasteiger partial charge in [-0.05, 0) is 77.1 Å². The summed E-state index contributed by atoms with van der Waals surface area (Å²) in [7, 11) is 0. The second-order valence-electron chi connectivity index (χ2n) is 8.82. The fourth-order valence-corrected chi connectivity index (χ4v) is 4.89. The summed E-state index contributed by atoms with van der Waals surface area (Å²) in [5.74, 6) is 0.191. The lowest BCUT2D eigenvalue weighted by Crippen LogP contribution is -2.40. The quantitative estimate of drug-likeness (QED) is 0.674. The van der Waals surface area contributed by atoms with E-state index in [2.05, 4.69) is 48.1 Å². The van der Waals surface area contributed by atoms with Gasteiger partial charge in [-0.25, -0.2) is 0 Å². The van der Waals surface area contributed by atoms with Crippen LogP contribution in [0.5, 0.6) is 0 Å². The highest BCUT2D eigenvalue weighted by Crippen LogP contribution is 2.46. The molecule has 5 heteroatoms. The summed E-state index contributed by atoms with van der Waals surface area (Å²) in [4.78, 5) is 18.6. The Bertz CT molecular complexity index is 1100. The number of fused-ring (bicyclic) bond motifs is 6. The number of amides is 1. The van der Waals surface area contributed by atoms with E-state index < -0.39 is 5.41 Å². The van der Waals surface area contributed by atoms with Crippen LogP contribution in [0.1, 0.15) is 56.5 Å². The second-order valence-corrected chi connectivity index (χ2v) is 8.82. The molecule has 0 radical (unpaired) electrons. The largest absolute Gasteiger partial charge is 0.353 e. The number of anilines is 1. The first-order valence-corrected chi connectivity index (χ1v) is 9.87. The van der Waals surface area contributed by atoms with E-state index in [0.29, 0.717) is 0 Å². The molecule has 27 heavy (non-hydrogen) atoms. The normalized spacial score (nSPS) is 18.0. The number of nitrogens with one attached hydrogen (secondary N) is 2. The third kappa shape index (κ3) is 2.05. The summed E-state index contributed by atoms with van der Waals surface area (Å²) < 4.78 is 0. The third-order valence-electron chi connectivity index (χ3n) is 6.39. The number of carbonyl (C=O) groups excluding carboxylic acids is 1. The molecule has 0 fully saturated rings. The Morgan fingerprint density at radius 1 is 1.19 bits per heavy atom. The monoisotopic (exact) mass is 362 g/mol. The van der Waals surface area contributed by atoms with Gasteiger partial charge in [0.1, 0.15) is 5.69 Å². The van der Waals surface area contributed by atoms with Crippen LogP contribution in [0.4, 0.5) is 5.69 Å². The van der Waals surface area contributed by atoms with Crippen LogP contribution in [0.2, 0.25) is 0 Å². The van der Waals surface area contributed by atoms with Crippen molar-refractivity contribution < 1.29 is 4.79 Å². The number of aryl methyl sites for hydroxylation is 2. The maximum atomic E-state index is 13.0. The van der Waals surface area contributed by atoms with Crippen molar-refractivity contribution in [2.75, 3.05) is 4.90 Å². The fourth-order valence-electron chi connectivity index (χ4n) is 4.89. The molecule has 3 heterocycles. The van der Waals surface area contributed by atoms with Crippen LogP contribution in [0.3, 0.4) is 0 Å². The van der Waals surface area contributed by atoms with Crippen molar-refractivity contribution in [2.24, 2.45) is 0 Å². The first kappa shape index (κ1) is 16.6. The molecule has 0 unspecified atom stereocenters. The number of aromatic nitrogens is 3. The van der Waals surface area contributed by atoms with Crippen LogP contribution < -0.4 is 4.90 Å². The first-order valence-electron chi connectivity index (χ1n) is 9.87. The van der Waals surface area contributed by atoms with Crippen LogP contribution in [0.15, 0.2) is 12.1 Å². The van der Waals surface area contributed by atoms with E-state index in [1.54, 1.807) is 0 Å². The van der Waals surface area contributed by atoms with Crippen molar-refractivity contribution in [2.45, 2.75) is 65.3 Å². The number of carbonyl (C=O) groups is 1. The molecule has 2 aliphatic rings. The molecule has 2 aromatic heterocycles. The van der Waals surface area contributed by atoms with Crippen molar-refractivity contribution >= 4 is 22.5 Å². The zero-order valence-electron chi connectivity index (χ0n) is 16.7. The fraction of sp³-hybridized carbons (Fsp3) is 0.455. The highest BCUT2D eigenvalue weighted by atomic mass is 16.2. The molecule has 3 aromatic rings. The molecule has 1 aliphatic heterocycles. The van der Waals surface area contributed by atoms with Crippen molar-refractivity contribution in [3.05, 3.63) is 34.5 Å². The minimum atomic E-state index is -0.496. The molecular formula is C22H26N4O. The van der Waals surface area contributed by atoms with Crippen molar-refractivity contribution in [1.82, 2.24) is 15.2 Å². The van der Waals surface area contributed by atoms with Gasteiger partial charge in [0.15, 0.2) is 0 Å². The van der Waals surface area contributed by atoms with E-state index in [4.69, 9.17) is 0 Å². The van der Waals surface area contributed by atoms with Crippen LogP contribution in [-0.4, -0.2) is 27.1 Å². The van der Waals surface area contributed by atoms with Gasteiger partial charge in [-0.15, -0.1) is 0 Å². The van der Waals surface area contributed by atoms with Gasteiger partial charge in [0.25, 0.3) is 0 Å². The highest BCUT2D eigenvalue weighted by Gasteiger charge is 2.45. The highest BCUT2D eigenvalue weighted by molar-refractivity contribution is 6.10. The number of H-pyrrole nitrogens is 2. The minimum Gasteiger partial charge on any atom is -0.353 e. The summed E-state index contributed by atoms with van der Waals surface area (Å²) in [6.45, 7) is 10.3. The van der Waals surface area contributed by atoms with Crippen molar-refractivity contribution in [1.29, 1.82) is 0 Å². The van der Waals surface area contributed by atoms with Gasteiger partial charge in [0.2, 0.25) is 5.91 Å². The molecule has 140 valence electrons. The van der Waals surface area contributed by atoms with Crippen LogP contribution in [0.25, 0.3) is 22.3 Å². The minimum absolute atomic E-state index is 0.147. The Kier molecular flexibility index (Phi) is 3.22.